The van der Waals surface area contributed by atoms with E-state index >= 15 is 0 Å². The van der Waals surface area contributed by atoms with E-state index < -0.39 is 0 Å². The van der Waals surface area contributed by atoms with Crippen molar-refractivity contribution in [3.63, 3.8) is 0 Å². The molecule has 102 valence electrons. The summed E-state index contributed by atoms with van der Waals surface area (Å²) in [5, 5.41) is 4.91. The molecule has 0 aliphatic rings. The third kappa shape index (κ3) is 5.57. The molecule has 4 heteroatoms. The molecule has 0 aromatic heterocycles. The van der Waals surface area contributed by atoms with Gasteiger partial charge in [-0.1, -0.05) is 37.0 Å². The predicted molar refractivity (Wildman–Crippen MR) is 80.6 cm³/mol. The highest BCUT2D eigenvalue weighted by Crippen LogP contribution is 2.20. The van der Waals surface area contributed by atoms with Gasteiger partial charge in [-0.25, -0.2) is 0 Å². The summed E-state index contributed by atoms with van der Waals surface area (Å²) in [6, 6.07) is 5.58. The Morgan fingerprint density at radius 2 is 1.89 bits per heavy atom. The lowest BCUT2D eigenvalue weighted by molar-refractivity contribution is 0.298. The van der Waals surface area contributed by atoms with Crippen molar-refractivity contribution in [3.8, 4) is 0 Å². The molecule has 2 nitrogen and oxygen atoms in total. The van der Waals surface area contributed by atoms with Crippen LogP contribution in [-0.2, 0) is 6.54 Å². The maximum atomic E-state index is 6.10. The highest BCUT2D eigenvalue weighted by Gasteiger charge is 2.01. The van der Waals surface area contributed by atoms with Gasteiger partial charge in [0.15, 0.2) is 0 Å². The van der Waals surface area contributed by atoms with Crippen molar-refractivity contribution in [2.24, 2.45) is 0 Å². The standard InChI is InChI=1S/C14H22Cl2N2/c1-3-18(4-2)9-5-8-17-11-12-10-13(15)6-7-14(12)16/h6-7,10,17H,3-5,8-9,11H2,1-2H3. The first kappa shape index (κ1) is 15.8. The van der Waals surface area contributed by atoms with E-state index in [0.717, 1.165) is 54.8 Å². The summed E-state index contributed by atoms with van der Waals surface area (Å²) in [6.45, 7) is 9.55. The van der Waals surface area contributed by atoms with Crippen molar-refractivity contribution in [2.45, 2.75) is 26.8 Å². The summed E-state index contributed by atoms with van der Waals surface area (Å²) in [6.07, 6.45) is 1.15. The van der Waals surface area contributed by atoms with Crippen molar-refractivity contribution in [3.05, 3.63) is 33.8 Å². The number of nitrogens with zero attached hydrogens (tertiary/aromatic N) is 1. The molecule has 0 saturated carbocycles. The molecule has 0 bridgehead atoms. The highest BCUT2D eigenvalue weighted by atomic mass is 35.5. The summed E-state index contributed by atoms with van der Waals surface area (Å²) in [7, 11) is 0. The Morgan fingerprint density at radius 3 is 2.56 bits per heavy atom. The number of halogens is 2. The van der Waals surface area contributed by atoms with E-state index in [1.165, 1.54) is 0 Å². The smallest absolute Gasteiger partial charge is 0.0451 e. The van der Waals surface area contributed by atoms with Crippen LogP contribution in [0.15, 0.2) is 18.2 Å². The van der Waals surface area contributed by atoms with Crippen LogP contribution in [0.2, 0.25) is 10.0 Å². The van der Waals surface area contributed by atoms with Crippen molar-refractivity contribution in [1.82, 2.24) is 10.2 Å². The normalized spacial score (nSPS) is 11.2. The first-order valence-corrected chi connectivity index (χ1v) is 7.30. The Balaban J connectivity index is 2.23. The third-order valence-electron chi connectivity index (χ3n) is 3.05. The maximum Gasteiger partial charge on any atom is 0.0451 e. The molecule has 0 radical (unpaired) electrons. The van der Waals surface area contributed by atoms with Gasteiger partial charge in [0.2, 0.25) is 0 Å². The topological polar surface area (TPSA) is 15.3 Å². The van der Waals surface area contributed by atoms with Crippen LogP contribution in [0.5, 0.6) is 0 Å². The molecule has 18 heavy (non-hydrogen) atoms. The van der Waals surface area contributed by atoms with Gasteiger partial charge in [0.25, 0.3) is 0 Å². The lowest BCUT2D eigenvalue weighted by atomic mass is 10.2. The molecule has 0 spiro atoms. The Bertz CT molecular complexity index is 352. The number of hydrogen-bond donors (Lipinski definition) is 1. The summed E-state index contributed by atoms with van der Waals surface area (Å²) in [5.74, 6) is 0. The van der Waals surface area contributed by atoms with E-state index in [1.807, 2.05) is 18.2 Å². The van der Waals surface area contributed by atoms with Crippen molar-refractivity contribution in [1.29, 1.82) is 0 Å². The Kier molecular flexibility index (Phi) is 7.68. The number of rotatable bonds is 8. The second-order valence-electron chi connectivity index (χ2n) is 4.29. The van der Waals surface area contributed by atoms with Crippen LogP contribution in [0.4, 0.5) is 0 Å². The molecule has 1 aromatic carbocycles. The zero-order valence-electron chi connectivity index (χ0n) is 11.2. The molecule has 0 aliphatic heterocycles. The van der Waals surface area contributed by atoms with E-state index in [0.29, 0.717) is 0 Å². The third-order valence-corrected chi connectivity index (χ3v) is 3.65. The molecule has 1 aromatic rings. The first-order valence-electron chi connectivity index (χ1n) is 6.54. The number of benzene rings is 1. The van der Waals surface area contributed by atoms with Gasteiger partial charge in [-0.15, -0.1) is 0 Å². The van der Waals surface area contributed by atoms with Crippen LogP contribution >= 0.6 is 23.2 Å². The van der Waals surface area contributed by atoms with Gasteiger partial charge in [0.05, 0.1) is 0 Å². The van der Waals surface area contributed by atoms with Gasteiger partial charge in [0, 0.05) is 16.6 Å². The van der Waals surface area contributed by atoms with Crippen LogP contribution in [0.3, 0.4) is 0 Å². The molecule has 0 amide bonds. The molecular weight excluding hydrogens is 267 g/mol. The van der Waals surface area contributed by atoms with E-state index in [2.05, 4.69) is 24.1 Å². The van der Waals surface area contributed by atoms with Gasteiger partial charge in [-0.2, -0.15) is 0 Å². The average Bonchev–Trinajstić information content (AvgIpc) is 2.38. The summed E-state index contributed by atoms with van der Waals surface area (Å²) >= 11 is 12.0. The quantitative estimate of drug-likeness (QED) is 0.732. The average molecular weight is 289 g/mol. The van der Waals surface area contributed by atoms with E-state index in [-0.39, 0.29) is 0 Å². The molecule has 0 saturated heterocycles. The monoisotopic (exact) mass is 288 g/mol. The fourth-order valence-electron chi connectivity index (χ4n) is 1.87. The van der Waals surface area contributed by atoms with Gasteiger partial charge in [0.1, 0.15) is 0 Å². The molecule has 0 atom stereocenters. The molecule has 0 fully saturated rings. The maximum absolute atomic E-state index is 6.10. The van der Waals surface area contributed by atoms with E-state index in [1.54, 1.807) is 0 Å². The zero-order valence-corrected chi connectivity index (χ0v) is 12.7. The second kappa shape index (κ2) is 8.76. The largest absolute Gasteiger partial charge is 0.313 e. The SMILES string of the molecule is CCN(CC)CCCNCc1cc(Cl)ccc1Cl. The fourth-order valence-corrected chi connectivity index (χ4v) is 2.25. The van der Waals surface area contributed by atoms with Gasteiger partial charge in [-0.3, -0.25) is 0 Å². The highest BCUT2D eigenvalue weighted by molar-refractivity contribution is 6.33. The summed E-state index contributed by atoms with van der Waals surface area (Å²) in [5.41, 5.74) is 1.06. The van der Waals surface area contributed by atoms with Gasteiger partial charge < -0.3 is 10.2 Å². The van der Waals surface area contributed by atoms with Crippen LogP contribution in [0.25, 0.3) is 0 Å². The first-order chi connectivity index (χ1) is 8.67. The Hall–Kier alpha value is -0.280. The van der Waals surface area contributed by atoms with Crippen molar-refractivity contribution in [2.75, 3.05) is 26.2 Å². The molecule has 0 unspecified atom stereocenters. The molecule has 1 N–H and O–H groups in total. The van der Waals surface area contributed by atoms with Crippen LogP contribution < -0.4 is 5.32 Å². The summed E-state index contributed by atoms with van der Waals surface area (Å²) in [4.78, 5) is 2.42. The molecule has 0 heterocycles. The predicted octanol–water partition coefficient (Wildman–Crippen LogP) is 3.81. The zero-order chi connectivity index (χ0) is 13.4. The van der Waals surface area contributed by atoms with Crippen molar-refractivity contribution < 1.29 is 0 Å². The summed E-state index contributed by atoms with van der Waals surface area (Å²) < 4.78 is 0. The lowest BCUT2D eigenvalue weighted by Gasteiger charge is -2.17. The van der Waals surface area contributed by atoms with E-state index in [9.17, 15) is 0 Å². The molecule has 0 aliphatic carbocycles. The van der Waals surface area contributed by atoms with Crippen LogP contribution in [-0.4, -0.2) is 31.1 Å². The Morgan fingerprint density at radius 1 is 1.17 bits per heavy atom. The van der Waals surface area contributed by atoms with Crippen LogP contribution in [0, 0.1) is 0 Å². The Labute approximate surface area is 120 Å². The van der Waals surface area contributed by atoms with Crippen LogP contribution in [0.1, 0.15) is 25.8 Å². The van der Waals surface area contributed by atoms with Gasteiger partial charge in [-0.05, 0) is 56.4 Å². The number of nitrogens with one attached hydrogen (secondary N) is 1. The molecular formula is C14H22Cl2N2. The minimum Gasteiger partial charge on any atom is -0.313 e. The minimum atomic E-state index is 0.736. The number of hydrogen-bond acceptors (Lipinski definition) is 2. The minimum absolute atomic E-state index is 0.736. The lowest BCUT2D eigenvalue weighted by Crippen LogP contribution is -2.27. The molecule has 1 rings (SSSR count). The van der Waals surface area contributed by atoms with Crippen molar-refractivity contribution >= 4 is 23.2 Å². The van der Waals surface area contributed by atoms with Gasteiger partial charge >= 0.3 is 0 Å². The second-order valence-corrected chi connectivity index (χ2v) is 5.14. The van der Waals surface area contributed by atoms with E-state index in [4.69, 9.17) is 23.2 Å². The fraction of sp³-hybridized carbons (Fsp3) is 0.571.